The molecule has 0 amide bonds. The lowest BCUT2D eigenvalue weighted by atomic mass is 10.2. The van der Waals surface area contributed by atoms with Crippen LogP contribution in [0.1, 0.15) is 17.0 Å². The van der Waals surface area contributed by atoms with Gasteiger partial charge in [0.1, 0.15) is 18.1 Å². The fourth-order valence-corrected chi connectivity index (χ4v) is 2.61. The summed E-state index contributed by atoms with van der Waals surface area (Å²) >= 11 is 6.85. The number of rotatable bonds is 3. The van der Waals surface area contributed by atoms with Crippen molar-refractivity contribution >= 4 is 31.9 Å². The summed E-state index contributed by atoms with van der Waals surface area (Å²) in [5.41, 5.74) is 1.87. The molecule has 0 atom stereocenters. The minimum atomic E-state index is 0.460. The van der Waals surface area contributed by atoms with Gasteiger partial charge in [0.2, 0.25) is 0 Å². The van der Waals surface area contributed by atoms with E-state index in [0.717, 1.165) is 31.7 Å². The number of ether oxygens (including phenoxy) is 1. The molecule has 3 nitrogen and oxygen atoms in total. The Morgan fingerprint density at radius 2 is 2.06 bits per heavy atom. The summed E-state index contributed by atoms with van der Waals surface area (Å²) in [7, 11) is 0. The first-order valence-corrected chi connectivity index (χ1v) is 6.66. The van der Waals surface area contributed by atoms with Gasteiger partial charge in [-0.1, -0.05) is 21.1 Å². The van der Waals surface area contributed by atoms with Crippen molar-refractivity contribution in [1.82, 2.24) is 5.16 Å². The van der Waals surface area contributed by atoms with Gasteiger partial charge >= 0.3 is 0 Å². The fraction of sp³-hybridized carbons (Fsp3) is 0.250. The van der Waals surface area contributed by atoms with Gasteiger partial charge in [-0.15, -0.1) is 0 Å². The molecule has 0 spiro atoms. The molecule has 0 radical (unpaired) electrons. The highest BCUT2D eigenvalue weighted by molar-refractivity contribution is 9.11. The van der Waals surface area contributed by atoms with Gasteiger partial charge in [0.05, 0.1) is 15.7 Å². The van der Waals surface area contributed by atoms with Gasteiger partial charge in [-0.05, 0) is 48.0 Å². The maximum absolute atomic E-state index is 5.73. The van der Waals surface area contributed by atoms with E-state index < -0.39 is 0 Å². The maximum Gasteiger partial charge on any atom is 0.140 e. The molecule has 0 saturated carbocycles. The van der Waals surface area contributed by atoms with Gasteiger partial charge in [-0.25, -0.2) is 0 Å². The molecule has 17 heavy (non-hydrogen) atoms. The number of hydrogen-bond donors (Lipinski definition) is 0. The van der Waals surface area contributed by atoms with E-state index in [1.807, 2.05) is 32.0 Å². The summed E-state index contributed by atoms with van der Waals surface area (Å²) in [6.45, 7) is 4.25. The van der Waals surface area contributed by atoms with Crippen LogP contribution in [0.3, 0.4) is 0 Å². The second-order valence-corrected chi connectivity index (χ2v) is 5.44. The van der Waals surface area contributed by atoms with Crippen molar-refractivity contribution in [2.75, 3.05) is 0 Å². The number of hydrogen-bond acceptors (Lipinski definition) is 3. The SMILES string of the molecule is Cc1noc(C)c1COc1ccc(Br)cc1Br. The number of halogens is 2. The van der Waals surface area contributed by atoms with Gasteiger partial charge in [-0.3, -0.25) is 0 Å². The monoisotopic (exact) mass is 359 g/mol. The van der Waals surface area contributed by atoms with Crippen LogP contribution in [0.25, 0.3) is 0 Å². The zero-order valence-electron chi connectivity index (χ0n) is 9.46. The summed E-state index contributed by atoms with van der Waals surface area (Å²) in [6.07, 6.45) is 0. The molecule has 2 aromatic rings. The number of aryl methyl sites for hydroxylation is 2. The molecule has 0 aliphatic carbocycles. The van der Waals surface area contributed by atoms with E-state index >= 15 is 0 Å². The van der Waals surface area contributed by atoms with Gasteiger partial charge in [-0.2, -0.15) is 0 Å². The lowest BCUT2D eigenvalue weighted by Crippen LogP contribution is -1.98. The molecular weight excluding hydrogens is 350 g/mol. The highest BCUT2D eigenvalue weighted by Crippen LogP contribution is 2.29. The molecule has 0 bridgehead atoms. The highest BCUT2D eigenvalue weighted by Gasteiger charge is 2.10. The first-order chi connectivity index (χ1) is 8.08. The van der Waals surface area contributed by atoms with Crippen LogP contribution < -0.4 is 4.74 Å². The average molecular weight is 361 g/mol. The maximum atomic E-state index is 5.73. The minimum Gasteiger partial charge on any atom is -0.488 e. The zero-order valence-corrected chi connectivity index (χ0v) is 12.6. The molecule has 1 heterocycles. The largest absolute Gasteiger partial charge is 0.488 e. The first-order valence-electron chi connectivity index (χ1n) is 5.07. The van der Waals surface area contributed by atoms with Crippen LogP contribution in [0.2, 0.25) is 0 Å². The van der Waals surface area contributed by atoms with Gasteiger partial charge in [0, 0.05) is 4.47 Å². The van der Waals surface area contributed by atoms with Crippen LogP contribution in [-0.4, -0.2) is 5.16 Å². The third-order valence-electron chi connectivity index (χ3n) is 2.45. The van der Waals surface area contributed by atoms with Crippen molar-refractivity contribution in [3.05, 3.63) is 44.2 Å². The number of nitrogens with zero attached hydrogens (tertiary/aromatic N) is 1. The van der Waals surface area contributed by atoms with Crippen LogP contribution >= 0.6 is 31.9 Å². The molecule has 0 fully saturated rings. The number of benzene rings is 1. The third kappa shape index (κ3) is 2.90. The summed E-state index contributed by atoms with van der Waals surface area (Å²) in [5.74, 6) is 1.60. The van der Waals surface area contributed by atoms with Gasteiger partial charge < -0.3 is 9.26 Å². The second-order valence-electron chi connectivity index (χ2n) is 3.67. The summed E-state index contributed by atoms with van der Waals surface area (Å²) in [5, 5.41) is 3.89. The van der Waals surface area contributed by atoms with Gasteiger partial charge in [0.25, 0.3) is 0 Å². The quantitative estimate of drug-likeness (QED) is 0.813. The van der Waals surface area contributed by atoms with Crippen LogP contribution in [0, 0.1) is 13.8 Å². The van der Waals surface area contributed by atoms with Crippen molar-refractivity contribution in [2.45, 2.75) is 20.5 Å². The predicted molar refractivity (Wildman–Crippen MR) is 72.2 cm³/mol. The highest BCUT2D eigenvalue weighted by atomic mass is 79.9. The van der Waals surface area contributed by atoms with E-state index in [1.54, 1.807) is 0 Å². The smallest absolute Gasteiger partial charge is 0.140 e. The van der Waals surface area contributed by atoms with E-state index in [0.29, 0.717) is 6.61 Å². The standard InChI is InChI=1S/C12H11Br2NO2/c1-7-10(8(2)17-15-7)6-16-12-4-3-9(13)5-11(12)14/h3-5H,6H2,1-2H3. The molecular formula is C12H11Br2NO2. The molecule has 0 unspecified atom stereocenters. The van der Waals surface area contributed by atoms with Crippen molar-refractivity contribution in [3.63, 3.8) is 0 Å². The van der Waals surface area contributed by atoms with Crippen molar-refractivity contribution in [2.24, 2.45) is 0 Å². The fourth-order valence-electron chi connectivity index (χ4n) is 1.45. The molecule has 5 heteroatoms. The zero-order chi connectivity index (χ0) is 12.4. The summed E-state index contributed by atoms with van der Waals surface area (Å²) in [6, 6.07) is 5.79. The Morgan fingerprint density at radius 1 is 1.29 bits per heavy atom. The molecule has 1 aromatic heterocycles. The molecule has 2 rings (SSSR count). The molecule has 0 saturated heterocycles. The van der Waals surface area contributed by atoms with E-state index in [1.165, 1.54) is 0 Å². The Labute approximate surface area is 116 Å². The van der Waals surface area contributed by atoms with Crippen molar-refractivity contribution in [1.29, 1.82) is 0 Å². The molecule has 90 valence electrons. The predicted octanol–water partition coefficient (Wildman–Crippen LogP) is 4.40. The summed E-state index contributed by atoms with van der Waals surface area (Å²) in [4.78, 5) is 0. The van der Waals surface area contributed by atoms with E-state index in [4.69, 9.17) is 9.26 Å². The van der Waals surface area contributed by atoms with Crippen molar-refractivity contribution < 1.29 is 9.26 Å². The minimum absolute atomic E-state index is 0.460. The third-order valence-corrected chi connectivity index (χ3v) is 3.56. The van der Waals surface area contributed by atoms with Crippen LogP contribution in [0.4, 0.5) is 0 Å². The molecule has 0 aliphatic rings. The number of aromatic nitrogens is 1. The van der Waals surface area contributed by atoms with Crippen LogP contribution in [-0.2, 0) is 6.61 Å². The van der Waals surface area contributed by atoms with Gasteiger partial charge in [0.15, 0.2) is 0 Å². The molecule has 0 aliphatic heterocycles. The average Bonchev–Trinajstić information content (AvgIpc) is 2.58. The Balaban J connectivity index is 2.13. The molecule has 1 aromatic carbocycles. The topological polar surface area (TPSA) is 35.3 Å². The normalized spacial score (nSPS) is 10.6. The Morgan fingerprint density at radius 3 is 2.65 bits per heavy atom. The lowest BCUT2D eigenvalue weighted by molar-refractivity contribution is 0.300. The van der Waals surface area contributed by atoms with E-state index in [-0.39, 0.29) is 0 Å². The van der Waals surface area contributed by atoms with Crippen molar-refractivity contribution in [3.8, 4) is 5.75 Å². The Kier molecular flexibility index (Phi) is 3.89. The Bertz CT molecular complexity index is 518. The first kappa shape index (κ1) is 12.6. The van der Waals surface area contributed by atoms with Crippen LogP contribution in [0.15, 0.2) is 31.7 Å². The molecule has 0 N–H and O–H groups in total. The lowest BCUT2D eigenvalue weighted by Gasteiger charge is -2.08. The van der Waals surface area contributed by atoms with E-state index in [9.17, 15) is 0 Å². The van der Waals surface area contributed by atoms with E-state index in [2.05, 4.69) is 37.0 Å². The summed E-state index contributed by atoms with van der Waals surface area (Å²) < 4.78 is 12.7. The second kappa shape index (κ2) is 5.23. The van der Waals surface area contributed by atoms with Crippen LogP contribution in [0.5, 0.6) is 5.75 Å². The Hall–Kier alpha value is -0.810.